The van der Waals surface area contributed by atoms with E-state index in [4.69, 9.17) is 0 Å². The van der Waals surface area contributed by atoms with Gasteiger partial charge in [-0.25, -0.2) is 0 Å². The zero-order valence-corrected chi connectivity index (χ0v) is 16.9. The van der Waals surface area contributed by atoms with Crippen LogP contribution in [0.15, 0.2) is 59.9 Å². The van der Waals surface area contributed by atoms with Crippen LogP contribution in [0.25, 0.3) is 0 Å². The highest BCUT2D eigenvalue weighted by Crippen LogP contribution is 2.39. The van der Waals surface area contributed by atoms with Gasteiger partial charge in [-0.3, -0.25) is 9.59 Å². The van der Waals surface area contributed by atoms with Gasteiger partial charge in [-0.1, -0.05) is 55.7 Å². The maximum Gasteiger partial charge on any atom is 0.264 e. The predicted molar refractivity (Wildman–Crippen MR) is 115 cm³/mol. The Balaban J connectivity index is 1.33. The van der Waals surface area contributed by atoms with Crippen LogP contribution in [0.2, 0.25) is 0 Å². The lowest BCUT2D eigenvalue weighted by Gasteiger charge is -2.23. The van der Waals surface area contributed by atoms with Gasteiger partial charge >= 0.3 is 0 Å². The van der Waals surface area contributed by atoms with Gasteiger partial charge < -0.3 is 15.7 Å². The zero-order valence-electron chi connectivity index (χ0n) is 16.9. The van der Waals surface area contributed by atoms with Crippen molar-refractivity contribution in [2.24, 2.45) is 0 Å². The first-order valence-electron chi connectivity index (χ1n) is 10.8. The number of hydrogen-bond acceptors (Lipinski definition) is 3. The van der Waals surface area contributed by atoms with Crippen molar-refractivity contribution in [2.45, 2.75) is 56.4 Å². The van der Waals surface area contributed by atoms with Gasteiger partial charge in [0.1, 0.15) is 16.9 Å². The molecule has 5 heteroatoms. The van der Waals surface area contributed by atoms with Gasteiger partial charge in [0.15, 0.2) is 0 Å². The molecule has 154 valence electrons. The average Bonchev–Trinajstić information content (AvgIpc) is 3.25. The zero-order chi connectivity index (χ0) is 20.7. The summed E-state index contributed by atoms with van der Waals surface area (Å²) in [5, 5.41) is 16.5. The van der Waals surface area contributed by atoms with Crippen LogP contribution in [0, 0.1) is 0 Å². The van der Waals surface area contributed by atoms with E-state index in [0.717, 1.165) is 11.1 Å². The van der Waals surface area contributed by atoms with Crippen molar-refractivity contribution >= 4 is 17.5 Å². The van der Waals surface area contributed by atoms with Gasteiger partial charge in [0.2, 0.25) is 0 Å². The second kappa shape index (κ2) is 7.31. The fourth-order valence-corrected chi connectivity index (χ4v) is 5.24. The summed E-state index contributed by atoms with van der Waals surface area (Å²) < 4.78 is 0. The third kappa shape index (κ3) is 3.18. The molecule has 30 heavy (non-hydrogen) atoms. The van der Waals surface area contributed by atoms with Gasteiger partial charge in [-0.15, -0.1) is 0 Å². The summed E-state index contributed by atoms with van der Waals surface area (Å²) in [7, 11) is 0. The summed E-state index contributed by atoms with van der Waals surface area (Å²) in [5.74, 6) is -0.639. The number of aliphatic hydroxyl groups excluding tert-OH is 1. The molecule has 0 saturated heterocycles. The summed E-state index contributed by atoms with van der Waals surface area (Å²) in [6.07, 6.45) is 7.29. The van der Waals surface area contributed by atoms with Crippen molar-refractivity contribution in [1.29, 1.82) is 0 Å². The Hall–Kier alpha value is -3.08. The van der Waals surface area contributed by atoms with E-state index in [-0.39, 0.29) is 11.3 Å². The lowest BCUT2D eigenvalue weighted by molar-refractivity contribution is -0.121. The molecular weight excluding hydrogens is 376 g/mol. The van der Waals surface area contributed by atoms with Crippen LogP contribution in [-0.2, 0) is 22.4 Å². The summed E-state index contributed by atoms with van der Waals surface area (Å²) in [5.41, 5.74) is 3.02. The maximum absolute atomic E-state index is 12.8. The van der Waals surface area contributed by atoms with E-state index in [1.807, 2.05) is 36.4 Å². The number of rotatable bonds is 3. The minimum Gasteiger partial charge on any atom is -0.509 e. The number of nitrogens with one attached hydrogen (secondary N) is 2. The van der Waals surface area contributed by atoms with Crippen molar-refractivity contribution in [3.05, 3.63) is 76.6 Å². The molecule has 0 aromatic heterocycles. The van der Waals surface area contributed by atoms with Crippen LogP contribution in [0.5, 0.6) is 0 Å². The molecule has 0 atom stereocenters. The van der Waals surface area contributed by atoms with Crippen LogP contribution < -0.4 is 10.6 Å². The Labute approximate surface area is 176 Å². The molecule has 2 amide bonds. The third-order valence-electron chi connectivity index (χ3n) is 6.84. The van der Waals surface area contributed by atoms with Crippen molar-refractivity contribution < 1.29 is 14.7 Å². The van der Waals surface area contributed by atoms with E-state index in [2.05, 4.69) is 22.8 Å². The van der Waals surface area contributed by atoms with Crippen LogP contribution in [0.1, 0.15) is 54.7 Å². The highest BCUT2D eigenvalue weighted by atomic mass is 16.3. The molecule has 1 aliphatic heterocycles. The van der Waals surface area contributed by atoms with Gasteiger partial charge in [0.25, 0.3) is 11.8 Å². The molecule has 2 aromatic rings. The molecule has 3 aliphatic rings. The van der Waals surface area contributed by atoms with Gasteiger partial charge in [0, 0.05) is 18.5 Å². The molecule has 2 aliphatic carbocycles. The highest BCUT2D eigenvalue weighted by Gasteiger charge is 2.50. The number of carbonyl (C=O) groups is 2. The quantitative estimate of drug-likeness (QED) is 0.675. The maximum atomic E-state index is 12.8. The van der Waals surface area contributed by atoms with Crippen LogP contribution in [-0.4, -0.2) is 22.5 Å². The van der Waals surface area contributed by atoms with Crippen molar-refractivity contribution in [1.82, 2.24) is 5.32 Å². The highest BCUT2D eigenvalue weighted by molar-refractivity contribution is 6.25. The smallest absolute Gasteiger partial charge is 0.264 e. The normalized spacial score (nSPS) is 20.3. The molecule has 1 fully saturated rings. The molecule has 3 N–H and O–H groups in total. The summed E-state index contributed by atoms with van der Waals surface area (Å²) in [4.78, 5) is 25.4. The number of hydrogen-bond donors (Lipinski definition) is 3. The Morgan fingerprint density at radius 2 is 1.60 bits per heavy atom. The lowest BCUT2D eigenvalue weighted by Crippen LogP contribution is -2.45. The Bertz CT molecular complexity index is 1010. The number of benzene rings is 2. The first kappa shape index (κ1) is 18.9. The van der Waals surface area contributed by atoms with E-state index in [1.165, 1.54) is 37.7 Å². The second-order valence-electron chi connectivity index (χ2n) is 8.79. The Morgan fingerprint density at radius 3 is 2.23 bits per heavy atom. The van der Waals surface area contributed by atoms with Crippen molar-refractivity contribution in [2.75, 3.05) is 5.32 Å². The van der Waals surface area contributed by atoms with Gasteiger partial charge in [-0.05, 0) is 47.6 Å². The van der Waals surface area contributed by atoms with Crippen molar-refractivity contribution in [3.8, 4) is 0 Å². The largest absolute Gasteiger partial charge is 0.509 e. The topological polar surface area (TPSA) is 78.4 Å². The fourth-order valence-electron chi connectivity index (χ4n) is 5.24. The number of aliphatic hydroxyl groups is 1. The number of amides is 2. The van der Waals surface area contributed by atoms with E-state index < -0.39 is 17.4 Å². The average molecular weight is 402 g/mol. The number of anilines is 1. The summed E-state index contributed by atoms with van der Waals surface area (Å²) in [6.45, 7) is 0. The minimum atomic E-state index is -0.904. The first-order chi connectivity index (χ1) is 14.6. The molecular formula is C25H26N2O3. The molecule has 1 spiro atoms. The van der Waals surface area contributed by atoms with Gasteiger partial charge in [0.05, 0.1) is 0 Å². The summed E-state index contributed by atoms with van der Waals surface area (Å²) in [6, 6.07) is 15.8. The lowest BCUT2D eigenvalue weighted by atomic mass is 9.84. The standard InChI is InChI=1S/C25H26N2O3/c28-22-21(24(30)27-25(22)14-18-8-4-5-9-19(18)15-25)23(29)26-20-12-10-17(11-13-20)16-6-2-1-3-7-16/h4-5,8-13,16,28H,1-3,6-7,14-15H2,(H,26,29)(H,27,30). The predicted octanol–water partition coefficient (Wildman–Crippen LogP) is 4.15. The molecule has 5 rings (SSSR count). The van der Waals surface area contributed by atoms with Crippen molar-refractivity contribution in [3.63, 3.8) is 0 Å². The molecule has 0 unspecified atom stereocenters. The van der Waals surface area contributed by atoms with Gasteiger partial charge in [-0.2, -0.15) is 0 Å². The SMILES string of the molecule is O=C(Nc1ccc(C2CCCCC2)cc1)C1=C(O)C2(Cc3ccccc3C2)NC1=O. The van der Waals surface area contributed by atoms with E-state index >= 15 is 0 Å². The molecule has 1 saturated carbocycles. The van der Waals surface area contributed by atoms with Crippen LogP contribution in [0.4, 0.5) is 5.69 Å². The fraction of sp³-hybridized carbons (Fsp3) is 0.360. The summed E-state index contributed by atoms with van der Waals surface area (Å²) >= 11 is 0. The Morgan fingerprint density at radius 1 is 0.967 bits per heavy atom. The number of carbonyl (C=O) groups excluding carboxylic acids is 2. The monoisotopic (exact) mass is 402 g/mol. The molecule has 0 bridgehead atoms. The molecule has 0 radical (unpaired) electrons. The van der Waals surface area contributed by atoms with Crippen LogP contribution in [0.3, 0.4) is 0 Å². The molecule has 2 aromatic carbocycles. The minimum absolute atomic E-state index is 0.153. The molecule has 1 heterocycles. The second-order valence-corrected chi connectivity index (χ2v) is 8.79. The van der Waals surface area contributed by atoms with Crippen LogP contribution >= 0.6 is 0 Å². The van der Waals surface area contributed by atoms with E-state index in [9.17, 15) is 14.7 Å². The van der Waals surface area contributed by atoms with E-state index in [0.29, 0.717) is 24.4 Å². The third-order valence-corrected chi connectivity index (χ3v) is 6.84. The number of fused-ring (bicyclic) bond motifs is 1. The Kier molecular flexibility index (Phi) is 4.61. The van der Waals surface area contributed by atoms with E-state index in [1.54, 1.807) is 0 Å². The first-order valence-corrected chi connectivity index (χ1v) is 10.8. The molecule has 5 nitrogen and oxygen atoms in total.